The zero-order chi connectivity index (χ0) is 14.3. The van der Waals surface area contributed by atoms with Crippen LogP contribution in [0.2, 0.25) is 0 Å². The third-order valence-corrected chi connectivity index (χ3v) is 4.45. The minimum atomic E-state index is -0.460. The van der Waals surface area contributed by atoms with Crippen LogP contribution in [0.25, 0.3) is 5.65 Å². The first-order valence-corrected chi connectivity index (χ1v) is 7.24. The van der Waals surface area contributed by atoms with E-state index < -0.39 is 5.95 Å². The van der Waals surface area contributed by atoms with Gasteiger partial charge in [0.05, 0.1) is 9.26 Å². The van der Waals surface area contributed by atoms with Crippen LogP contribution in [0.1, 0.15) is 22.5 Å². The van der Waals surface area contributed by atoms with Gasteiger partial charge in [-0.05, 0) is 59.7 Å². The highest BCUT2D eigenvalue weighted by Crippen LogP contribution is 2.19. The molecule has 0 atom stereocenters. The van der Waals surface area contributed by atoms with E-state index >= 15 is 0 Å². The molecule has 0 spiro atoms. The molecule has 0 amide bonds. The van der Waals surface area contributed by atoms with E-state index in [1.807, 2.05) is 26.1 Å². The van der Waals surface area contributed by atoms with Crippen molar-refractivity contribution in [3.8, 4) is 0 Å². The van der Waals surface area contributed by atoms with Crippen molar-refractivity contribution in [2.24, 2.45) is 0 Å². The molecule has 0 saturated heterocycles. The van der Waals surface area contributed by atoms with Crippen LogP contribution in [-0.2, 0) is 6.42 Å². The molecule has 0 bridgehead atoms. The van der Waals surface area contributed by atoms with E-state index in [1.165, 1.54) is 12.3 Å². The van der Waals surface area contributed by atoms with Crippen molar-refractivity contribution in [2.75, 3.05) is 0 Å². The number of fused-ring (bicyclic) bond motifs is 1. The van der Waals surface area contributed by atoms with E-state index in [4.69, 9.17) is 0 Å². The number of aryl methyl sites for hydroxylation is 2. The van der Waals surface area contributed by atoms with Crippen molar-refractivity contribution in [3.05, 3.63) is 56.6 Å². The molecule has 3 heterocycles. The molecule has 6 heteroatoms. The minimum absolute atomic E-state index is 0.460. The first kappa shape index (κ1) is 13.4. The Balaban J connectivity index is 2.05. The Morgan fingerprint density at radius 2 is 2.10 bits per heavy atom. The third-order valence-electron chi connectivity index (χ3n) is 3.19. The molecule has 0 aliphatic heterocycles. The zero-order valence-corrected chi connectivity index (χ0v) is 13.2. The Kier molecular flexibility index (Phi) is 3.41. The highest BCUT2D eigenvalue weighted by molar-refractivity contribution is 14.1. The van der Waals surface area contributed by atoms with Gasteiger partial charge in [-0.3, -0.25) is 0 Å². The molecule has 4 nitrogen and oxygen atoms in total. The molecule has 0 fully saturated rings. The smallest absolute Gasteiger partial charge is 0.213 e. The van der Waals surface area contributed by atoms with Crippen LogP contribution in [0.3, 0.4) is 0 Å². The summed E-state index contributed by atoms with van der Waals surface area (Å²) in [6.07, 6.45) is 4.06. The summed E-state index contributed by atoms with van der Waals surface area (Å²) < 4.78 is 16.0. The molecule has 0 unspecified atom stereocenters. The van der Waals surface area contributed by atoms with Crippen molar-refractivity contribution in [2.45, 2.75) is 20.3 Å². The van der Waals surface area contributed by atoms with E-state index in [1.54, 1.807) is 4.52 Å². The highest BCUT2D eigenvalue weighted by Gasteiger charge is 2.11. The van der Waals surface area contributed by atoms with Crippen LogP contribution in [0.15, 0.2) is 24.5 Å². The van der Waals surface area contributed by atoms with Crippen LogP contribution >= 0.6 is 22.6 Å². The lowest BCUT2D eigenvalue weighted by Gasteiger charge is -2.06. The summed E-state index contributed by atoms with van der Waals surface area (Å²) >= 11 is 2.25. The van der Waals surface area contributed by atoms with Gasteiger partial charge in [0.2, 0.25) is 5.95 Å². The quantitative estimate of drug-likeness (QED) is 0.506. The Hall–Kier alpha value is -1.57. The molecular weight excluding hydrogens is 370 g/mol. The van der Waals surface area contributed by atoms with Gasteiger partial charge in [0.25, 0.3) is 0 Å². The SMILES string of the molecule is Cc1nc2c(I)c(C)nn2cc1Cc1ccnc(F)c1. The average Bonchev–Trinajstić information content (AvgIpc) is 2.66. The fourth-order valence-electron chi connectivity index (χ4n) is 2.12. The first-order valence-electron chi connectivity index (χ1n) is 6.16. The summed E-state index contributed by atoms with van der Waals surface area (Å²) in [5, 5.41) is 4.43. The molecule has 0 radical (unpaired) electrons. The maximum Gasteiger partial charge on any atom is 0.213 e. The molecule has 20 heavy (non-hydrogen) atoms. The molecule has 3 aromatic rings. The largest absolute Gasteiger partial charge is 0.233 e. The van der Waals surface area contributed by atoms with Gasteiger partial charge in [0.1, 0.15) is 0 Å². The Bertz CT molecular complexity index is 797. The number of hydrogen-bond acceptors (Lipinski definition) is 3. The molecule has 0 aliphatic rings. The van der Waals surface area contributed by atoms with Gasteiger partial charge < -0.3 is 0 Å². The summed E-state index contributed by atoms with van der Waals surface area (Å²) in [5.74, 6) is -0.460. The number of rotatable bonds is 2. The molecular formula is C14H12FIN4. The van der Waals surface area contributed by atoms with Gasteiger partial charge in [0.15, 0.2) is 5.65 Å². The van der Waals surface area contributed by atoms with Gasteiger partial charge >= 0.3 is 0 Å². The van der Waals surface area contributed by atoms with Crippen molar-refractivity contribution < 1.29 is 4.39 Å². The summed E-state index contributed by atoms with van der Waals surface area (Å²) in [6.45, 7) is 3.93. The van der Waals surface area contributed by atoms with E-state index in [2.05, 4.69) is 37.7 Å². The monoisotopic (exact) mass is 382 g/mol. The average molecular weight is 382 g/mol. The fourth-order valence-corrected chi connectivity index (χ4v) is 2.60. The van der Waals surface area contributed by atoms with E-state index in [0.29, 0.717) is 6.42 Å². The lowest BCUT2D eigenvalue weighted by atomic mass is 10.1. The third kappa shape index (κ3) is 2.39. The van der Waals surface area contributed by atoms with Gasteiger partial charge in [-0.1, -0.05) is 0 Å². The van der Waals surface area contributed by atoms with Crippen molar-refractivity contribution in [3.63, 3.8) is 0 Å². The summed E-state index contributed by atoms with van der Waals surface area (Å²) in [4.78, 5) is 8.17. The van der Waals surface area contributed by atoms with E-state index in [-0.39, 0.29) is 0 Å². The maximum atomic E-state index is 13.1. The van der Waals surface area contributed by atoms with Crippen LogP contribution in [0.5, 0.6) is 0 Å². The van der Waals surface area contributed by atoms with Crippen LogP contribution in [0, 0.1) is 23.4 Å². The standard InChI is InChI=1S/C14H12FIN4/c1-8-11(5-10-3-4-17-12(15)6-10)7-20-14(18-8)13(16)9(2)19-20/h3-4,6-7H,5H2,1-2H3. The Morgan fingerprint density at radius 3 is 2.85 bits per heavy atom. The Morgan fingerprint density at radius 1 is 1.30 bits per heavy atom. The number of hydrogen-bond donors (Lipinski definition) is 0. The highest BCUT2D eigenvalue weighted by atomic mass is 127. The van der Waals surface area contributed by atoms with Crippen LogP contribution < -0.4 is 0 Å². The molecule has 0 aromatic carbocycles. The number of nitrogens with zero attached hydrogens (tertiary/aromatic N) is 4. The van der Waals surface area contributed by atoms with Crippen LogP contribution in [0.4, 0.5) is 4.39 Å². The molecule has 3 aromatic heterocycles. The molecule has 3 rings (SSSR count). The normalized spacial score (nSPS) is 11.2. The second-order valence-electron chi connectivity index (χ2n) is 4.68. The van der Waals surface area contributed by atoms with E-state index in [9.17, 15) is 4.39 Å². The molecule has 0 saturated carbocycles. The van der Waals surface area contributed by atoms with Gasteiger partial charge in [-0.25, -0.2) is 14.5 Å². The number of halogens is 2. The Labute approximate surface area is 129 Å². The first-order chi connectivity index (χ1) is 9.54. The lowest BCUT2D eigenvalue weighted by Crippen LogP contribution is -2.01. The summed E-state index contributed by atoms with van der Waals surface area (Å²) in [5.41, 5.74) is 4.67. The topological polar surface area (TPSA) is 43.1 Å². The van der Waals surface area contributed by atoms with Crippen molar-refractivity contribution >= 4 is 28.2 Å². The predicted octanol–water partition coefficient (Wildman–Crippen LogP) is 3.08. The summed E-state index contributed by atoms with van der Waals surface area (Å²) in [6, 6.07) is 3.26. The molecule has 102 valence electrons. The minimum Gasteiger partial charge on any atom is -0.233 e. The summed E-state index contributed by atoms with van der Waals surface area (Å²) in [7, 11) is 0. The molecule has 0 aliphatic carbocycles. The second kappa shape index (κ2) is 5.08. The van der Waals surface area contributed by atoms with Gasteiger partial charge in [-0.2, -0.15) is 9.49 Å². The van der Waals surface area contributed by atoms with E-state index in [0.717, 1.165) is 31.7 Å². The maximum absolute atomic E-state index is 13.1. The second-order valence-corrected chi connectivity index (χ2v) is 5.76. The van der Waals surface area contributed by atoms with Crippen molar-refractivity contribution in [1.29, 1.82) is 0 Å². The lowest BCUT2D eigenvalue weighted by molar-refractivity contribution is 0.581. The fraction of sp³-hybridized carbons (Fsp3) is 0.214. The van der Waals surface area contributed by atoms with Crippen molar-refractivity contribution in [1.82, 2.24) is 19.6 Å². The number of aromatic nitrogens is 4. The van der Waals surface area contributed by atoms with Gasteiger partial charge in [0, 0.05) is 24.5 Å². The van der Waals surface area contributed by atoms with Crippen LogP contribution in [-0.4, -0.2) is 19.6 Å². The zero-order valence-electron chi connectivity index (χ0n) is 11.1. The number of pyridine rings is 1. The molecule has 0 N–H and O–H groups in total. The predicted molar refractivity (Wildman–Crippen MR) is 82.2 cm³/mol. The van der Waals surface area contributed by atoms with Gasteiger partial charge in [-0.15, -0.1) is 0 Å².